The maximum Gasteiger partial charge on any atom is 0.312 e. The largest absolute Gasteiger partial charge is 0.487 e. The molecule has 0 aromatic heterocycles. The van der Waals surface area contributed by atoms with Crippen LogP contribution < -0.4 is 10.5 Å². The fourth-order valence-corrected chi connectivity index (χ4v) is 1.37. The van der Waals surface area contributed by atoms with E-state index < -0.39 is 10.7 Å². The minimum Gasteiger partial charge on any atom is -0.487 e. The van der Waals surface area contributed by atoms with E-state index in [0.717, 1.165) is 12.1 Å². The van der Waals surface area contributed by atoms with Crippen LogP contribution >= 0.6 is 15.9 Å². The molecule has 0 aliphatic rings. The molecule has 0 amide bonds. The van der Waals surface area contributed by atoms with E-state index in [1.54, 1.807) is 0 Å². The van der Waals surface area contributed by atoms with Crippen LogP contribution in [-0.4, -0.2) is 18.1 Å². The molecule has 5 nitrogen and oxygen atoms in total. The molecule has 7 heteroatoms. The predicted molar refractivity (Wildman–Crippen MR) is 59.9 cm³/mol. The molecule has 0 unspecified atom stereocenters. The smallest absolute Gasteiger partial charge is 0.312 e. The lowest BCUT2D eigenvalue weighted by Gasteiger charge is -2.06. The van der Waals surface area contributed by atoms with E-state index in [1.807, 2.05) is 0 Å². The Morgan fingerprint density at radius 2 is 2.25 bits per heavy atom. The molecule has 0 spiro atoms. The zero-order chi connectivity index (χ0) is 12.1. The lowest BCUT2D eigenvalue weighted by atomic mass is 10.3. The molecule has 0 aliphatic heterocycles. The lowest BCUT2D eigenvalue weighted by molar-refractivity contribution is -0.386. The number of nitro groups is 1. The van der Waals surface area contributed by atoms with Crippen molar-refractivity contribution >= 4 is 21.6 Å². The van der Waals surface area contributed by atoms with Gasteiger partial charge in [-0.1, -0.05) is 0 Å². The van der Waals surface area contributed by atoms with Crippen molar-refractivity contribution in [3.63, 3.8) is 0 Å². The first-order valence-corrected chi connectivity index (χ1v) is 5.32. The minimum atomic E-state index is -0.623. The van der Waals surface area contributed by atoms with Gasteiger partial charge >= 0.3 is 5.69 Å². The predicted octanol–water partition coefficient (Wildman–Crippen LogP) is 2.22. The maximum atomic E-state index is 13.2. The molecule has 1 aromatic carbocycles. The highest BCUT2D eigenvalue weighted by atomic mass is 79.9. The molecule has 0 radical (unpaired) electrons. The summed E-state index contributed by atoms with van der Waals surface area (Å²) in [6.07, 6.45) is 0.550. The Kier molecular flexibility index (Phi) is 4.63. The zero-order valence-electron chi connectivity index (χ0n) is 8.28. The van der Waals surface area contributed by atoms with Crippen molar-refractivity contribution in [3.05, 3.63) is 32.5 Å². The summed E-state index contributed by atoms with van der Waals surface area (Å²) in [5, 5.41) is 10.7. The van der Waals surface area contributed by atoms with Gasteiger partial charge < -0.3 is 10.5 Å². The Bertz CT molecular complexity index is 401. The molecule has 0 bridgehead atoms. The lowest BCUT2D eigenvalue weighted by Crippen LogP contribution is -2.07. The first-order chi connectivity index (χ1) is 7.56. The van der Waals surface area contributed by atoms with Crippen LogP contribution in [0.3, 0.4) is 0 Å². The quantitative estimate of drug-likeness (QED) is 0.513. The van der Waals surface area contributed by atoms with E-state index in [0.29, 0.717) is 13.0 Å². The third-order valence-corrected chi connectivity index (χ3v) is 2.41. The highest BCUT2D eigenvalue weighted by Gasteiger charge is 2.18. The van der Waals surface area contributed by atoms with E-state index in [-0.39, 0.29) is 22.5 Å². The second-order valence-electron chi connectivity index (χ2n) is 2.98. The Balaban J connectivity index is 2.95. The average molecular weight is 293 g/mol. The van der Waals surface area contributed by atoms with Crippen LogP contribution in [-0.2, 0) is 0 Å². The SMILES string of the molecule is NCCCOc1cc(F)c(Br)cc1[N+](=O)[O-]. The molecule has 0 atom stereocenters. The van der Waals surface area contributed by atoms with Gasteiger partial charge in [-0.25, -0.2) is 4.39 Å². The molecule has 1 rings (SSSR count). The summed E-state index contributed by atoms with van der Waals surface area (Å²) in [6, 6.07) is 2.06. The molecule has 0 saturated carbocycles. The number of halogens is 2. The summed E-state index contributed by atoms with van der Waals surface area (Å²) in [6.45, 7) is 0.630. The molecule has 0 fully saturated rings. The van der Waals surface area contributed by atoms with Crippen LogP contribution in [0.4, 0.5) is 10.1 Å². The minimum absolute atomic E-state index is 0.0328. The van der Waals surface area contributed by atoms with Gasteiger partial charge in [0, 0.05) is 12.1 Å². The third kappa shape index (κ3) is 3.14. The summed E-state index contributed by atoms with van der Waals surface area (Å²) in [5.74, 6) is -0.688. The van der Waals surface area contributed by atoms with Crippen molar-refractivity contribution in [2.75, 3.05) is 13.2 Å². The molecular weight excluding hydrogens is 283 g/mol. The number of nitro benzene ring substituents is 1. The van der Waals surface area contributed by atoms with E-state index in [9.17, 15) is 14.5 Å². The topological polar surface area (TPSA) is 78.4 Å². The fourth-order valence-electron chi connectivity index (χ4n) is 1.04. The Morgan fingerprint density at radius 3 is 2.81 bits per heavy atom. The first-order valence-electron chi connectivity index (χ1n) is 4.52. The van der Waals surface area contributed by atoms with Gasteiger partial charge in [0.25, 0.3) is 0 Å². The molecule has 1 aromatic rings. The van der Waals surface area contributed by atoms with E-state index in [4.69, 9.17) is 10.5 Å². The molecule has 0 aliphatic carbocycles. The van der Waals surface area contributed by atoms with Crippen LogP contribution in [0.1, 0.15) is 6.42 Å². The van der Waals surface area contributed by atoms with Gasteiger partial charge in [0.05, 0.1) is 16.0 Å². The van der Waals surface area contributed by atoms with Crippen molar-refractivity contribution in [2.45, 2.75) is 6.42 Å². The number of nitrogens with zero attached hydrogens (tertiary/aromatic N) is 1. The van der Waals surface area contributed by atoms with E-state index >= 15 is 0 Å². The molecule has 16 heavy (non-hydrogen) atoms. The van der Waals surface area contributed by atoms with Crippen molar-refractivity contribution in [1.29, 1.82) is 0 Å². The van der Waals surface area contributed by atoms with Gasteiger partial charge in [0.2, 0.25) is 0 Å². The molecule has 88 valence electrons. The first kappa shape index (κ1) is 12.9. The zero-order valence-corrected chi connectivity index (χ0v) is 9.87. The Hall–Kier alpha value is -1.21. The Labute approximate surface area is 99.7 Å². The van der Waals surface area contributed by atoms with E-state index in [2.05, 4.69) is 15.9 Å². The molecule has 0 heterocycles. The van der Waals surface area contributed by atoms with Crippen molar-refractivity contribution in [3.8, 4) is 5.75 Å². The highest BCUT2D eigenvalue weighted by Crippen LogP contribution is 2.32. The number of nitrogens with two attached hydrogens (primary N) is 1. The number of hydrogen-bond donors (Lipinski definition) is 1. The number of benzene rings is 1. The van der Waals surface area contributed by atoms with Gasteiger partial charge in [0.1, 0.15) is 5.82 Å². The van der Waals surface area contributed by atoms with Crippen molar-refractivity contribution in [1.82, 2.24) is 0 Å². The van der Waals surface area contributed by atoms with Gasteiger partial charge in [-0.15, -0.1) is 0 Å². The number of hydrogen-bond acceptors (Lipinski definition) is 4. The summed E-state index contributed by atoms with van der Waals surface area (Å²) >= 11 is 2.88. The van der Waals surface area contributed by atoms with Crippen molar-refractivity contribution in [2.24, 2.45) is 5.73 Å². The van der Waals surface area contributed by atoms with Crippen LogP contribution in [0.25, 0.3) is 0 Å². The van der Waals surface area contributed by atoms with Crippen molar-refractivity contribution < 1.29 is 14.1 Å². The molecule has 2 N–H and O–H groups in total. The summed E-state index contributed by atoms with van der Waals surface area (Å²) in [5.41, 5.74) is 4.98. The third-order valence-electron chi connectivity index (χ3n) is 1.80. The van der Waals surface area contributed by atoms with Crippen LogP contribution in [0.5, 0.6) is 5.75 Å². The Morgan fingerprint density at radius 1 is 1.56 bits per heavy atom. The second-order valence-corrected chi connectivity index (χ2v) is 3.84. The normalized spacial score (nSPS) is 10.2. The standard InChI is InChI=1S/C9H10BrFN2O3/c10-6-4-8(13(14)15)9(5-7(6)11)16-3-1-2-12/h4-5H,1-3,12H2. The van der Waals surface area contributed by atoms with Gasteiger partial charge in [0.15, 0.2) is 5.75 Å². The average Bonchev–Trinajstić information content (AvgIpc) is 2.23. The molecule has 0 saturated heterocycles. The molecular formula is C9H10BrFN2O3. The fraction of sp³-hybridized carbons (Fsp3) is 0.333. The monoisotopic (exact) mass is 292 g/mol. The van der Waals surface area contributed by atoms with Crippen LogP contribution in [0, 0.1) is 15.9 Å². The maximum absolute atomic E-state index is 13.2. The summed E-state index contributed by atoms with van der Waals surface area (Å²) < 4.78 is 18.3. The van der Waals surface area contributed by atoms with E-state index in [1.165, 1.54) is 0 Å². The summed E-state index contributed by atoms with van der Waals surface area (Å²) in [7, 11) is 0. The highest BCUT2D eigenvalue weighted by molar-refractivity contribution is 9.10. The number of rotatable bonds is 5. The van der Waals surface area contributed by atoms with Crippen LogP contribution in [0.2, 0.25) is 0 Å². The van der Waals surface area contributed by atoms with Gasteiger partial charge in [-0.05, 0) is 28.9 Å². The van der Waals surface area contributed by atoms with Gasteiger partial charge in [-0.3, -0.25) is 10.1 Å². The van der Waals surface area contributed by atoms with Gasteiger partial charge in [-0.2, -0.15) is 0 Å². The van der Waals surface area contributed by atoms with Crippen LogP contribution in [0.15, 0.2) is 16.6 Å². The number of ether oxygens (including phenoxy) is 1. The summed E-state index contributed by atoms with van der Waals surface area (Å²) in [4.78, 5) is 10.1. The second kappa shape index (κ2) is 5.76.